The summed E-state index contributed by atoms with van der Waals surface area (Å²) in [5.41, 5.74) is 7.30. The van der Waals surface area contributed by atoms with Crippen LogP contribution in [0.25, 0.3) is 0 Å². The van der Waals surface area contributed by atoms with Gasteiger partial charge in [-0.3, -0.25) is 4.79 Å². The van der Waals surface area contributed by atoms with Crippen molar-refractivity contribution in [2.75, 3.05) is 11.9 Å². The maximum atomic E-state index is 10.6. The molecule has 3 N–H and O–H groups in total. The molecule has 0 aromatic heterocycles. The number of carbonyl (C=O) groups excluding carboxylic acids is 1. The highest BCUT2D eigenvalue weighted by atomic mass is 16.5. The van der Waals surface area contributed by atoms with Crippen LogP contribution in [0.3, 0.4) is 0 Å². The number of rotatable bonds is 7. The second-order valence-corrected chi connectivity index (χ2v) is 4.43. The summed E-state index contributed by atoms with van der Waals surface area (Å²) in [7, 11) is 0. The summed E-state index contributed by atoms with van der Waals surface area (Å²) < 4.78 is 5.41. The largest absolute Gasteiger partial charge is 0.493 e. The molecule has 0 atom stereocenters. The molecule has 0 saturated heterocycles. The zero-order chi connectivity index (χ0) is 14.2. The molecule has 20 heavy (non-hydrogen) atoms. The number of hydrogen-bond donors (Lipinski definition) is 2. The summed E-state index contributed by atoms with van der Waals surface area (Å²) in [5.74, 6) is 0.377. The van der Waals surface area contributed by atoms with Crippen LogP contribution in [0.15, 0.2) is 54.6 Å². The lowest BCUT2D eigenvalue weighted by Gasteiger charge is -2.08. The molecule has 0 aliphatic heterocycles. The topological polar surface area (TPSA) is 64.4 Å². The maximum Gasteiger partial charge on any atom is 0.220 e. The van der Waals surface area contributed by atoms with Crippen LogP contribution < -0.4 is 15.8 Å². The summed E-state index contributed by atoms with van der Waals surface area (Å²) in [6.45, 7) is 1.09. The number of hydrogen-bond acceptors (Lipinski definition) is 3. The molecule has 0 fully saturated rings. The molecular formula is C16H18N2O2. The van der Waals surface area contributed by atoms with E-state index in [4.69, 9.17) is 10.5 Å². The Morgan fingerprint density at radius 3 is 2.40 bits per heavy atom. The highest BCUT2D eigenvalue weighted by Crippen LogP contribution is 2.16. The number of carbonyl (C=O) groups is 1. The molecule has 0 heterocycles. The summed E-state index contributed by atoms with van der Waals surface area (Å²) >= 11 is 0. The minimum absolute atomic E-state index is 0.230. The van der Waals surface area contributed by atoms with Crippen LogP contribution in [0.4, 0.5) is 5.69 Å². The van der Waals surface area contributed by atoms with Crippen LogP contribution in [0.2, 0.25) is 0 Å². The van der Waals surface area contributed by atoms with Crippen molar-refractivity contribution < 1.29 is 9.53 Å². The van der Waals surface area contributed by atoms with Crippen LogP contribution in [0, 0.1) is 0 Å². The van der Waals surface area contributed by atoms with Gasteiger partial charge in [-0.1, -0.05) is 30.3 Å². The van der Waals surface area contributed by atoms with E-state index in [-0.39, 0.29) is 12.3 Å². The molecule has 104 valence electrons. The van der Waals surface area contributed by atoms with E-state index in [0.717, 1.165) is 18.0 Å². The lowest BCUT2D eigenvalue weighted by molar-refractivity contribution is -0.118. The van der Waals surface area contributed by atoms with Gasteiger partial charge in [-0.05, 0) is 29.8 Å². The molecule has 0 aliphatic rings. The summed E-state index contributed by atoms with van der Waals surface area (Å²) in [5, 5.41) is 3.33. The summed E-state index contributed by atoms with van der Waals surface area (Å²) in [4.78, 5) is 10.6. The second kappa shape index (κ2) is 7.19. The van der Waals surface area contributed by atoms with Crippen LogP contribution in [-0.2, 0) is 11.3 Å². The molecule has 0 saturated carbocycles. The highest BCUT2D eigenvalue weighted by molar-refractivity contribution is 5.73. The fourth-order valence-corrected chi connectivity index (χ4v) is 1.74. The average Bonchev–Trinajstić information content (AvgIpc) is 2.47. The molecule has 2 aromatic carbocycles. The first-order chi connectivity index (χ1) is 9.74. The molecule has 0 aliphatic carbocycles. The Balaban J connectivity index is 1.81. The predicted molar refractivity (Wildman–Crippen MR) is 79.5 cm³/mol. The zero-order valence-corrected chi connectivity index (χ0v) is 11.2. The van der Waals surface area contributed by atoms with E-state index >= 15 is 0 Å². The van der Waals surface area contributed by atoms with Crippen LogP contribution >= 0.6 is 0 Å². The molecular weight excluding hydrogens is 252 g/mol. The first kappa shape index (κ1) is 13.9. The smallest absolute Gasteiger partial charge is 0.220 e. The number of anilines is 1. The predicted octanol–water partition coefficient (Wildman–Crippen LogP) is 2.55. The molecule has 0 bridgehead atoms. The van der Waals surface area contributed by atoms with Crippen LogP contribution in [-0.4, -0.2) is 12.5 Å². The number of ether oxygens (including phenoxy) is 1. The van der Waals surface area contributed by atoms with Gasteiger partial charge in [0.05, 0.1) is 13.0 Å². The zero-order valence-electron chi connectivity index (χ0n) is 11.2. The Labute approximate surface area is 118 Å². The first-order valence-electron chi connectivity index (χ1n) is 6.53. The minimum atomic E-state index is -0.355. The minimum Gasteiger partial charge on any atom is -0.493 e. The Kier molecular flexibility index (Phi) is 5.00. The van der Waals surface area contributed by atoms with E-state index in [1.165, 1.54) is 5.56 Å². The first-order valence-corrected chi connectivity index (χ1v) is 6.53. The van der Waals surface area contributed by atoms with Gasteiger partial charge in [0.15, 0.2) is 0 Å². The molecule has 0 radical (unpaired) electrons. The van der Waals surface area contributed by atoms with E-state index in [0.29, 0.717) is 6.61 Å². The summed E-state index contributed by atoms with van der Waals surface area (Å²) in [6.07, 6.45) is 0.230. The molecule has 4 heteroatoms. The van der Waals surface area contributed by atoms with Crippen molar-refractivity contribution in [2.45, 2.75) is 13.0 Å². The molecule has 1 amide bonds. The lowest BCUT2D eigenvalue weighted by atomic mass is 10.2. The van der Waals surface area contributed by atoms with Crippen LogP contribution in [0.5, 0.6) is 5.75 Å². The van der Waals surface area contributed by atoms with Gasteiger partial charge < -0.3 is 15.8 Å². The van der Waals surface area contributed by atoms with Crippen molar-refractivity contribution >= 4 is 11.6 Å². The van der Waals surface area contributed by atoms with Gasteiger partial charge in [0.2, 0.25) is 5.91 Å². The molecule has 4 nitrogen and oxygen atoms in total. The van der Waals surface area contributed by atoms with Crippen molar-refractivity contribution in [3.05, 3.63) is 60.2 Å². The maximum absolute atomic E-state index is 10.6. The van der Waals surface area contributed by atoms with Gasteiger partial charge in [-0.15, -0.1) is 0 Å². The van der Waals surface area contributed by atoms with Crippen molar-refractivity contribution in [3.63, 3.8) is 0 Å². The molecule has 2 aromatic rings. The van der Waals surface area contributed by atoms with Gasteiger partial charge in [-0.25, -0.2) is 0 Å². The van der Waals surface area contributed by atoms with Gasteiger partial charge in [0, 0.05) is 12.2 Å². The average molecular weight is 270 g/mol. The third-order valence-electron chi connectivity index (χ3n) is 2.81. The number of nitrogens with one attached hydrogen (secondary N) is 1. The number of primary amides is 1. The normalized spacial score (nSPS) is 10.0. The van der Waals surface area contributed by atoms with E-state index in [9.17, 15) is 4.79 Å². The Morgan fingerprint density at radius 2 is 1.75 bits per heavy atom. The van der Waals surface area contributed by atoms with Gasteiger partial charge in [-0.2, -0.15) is 0 Å². The van der Waals surface area contributed by atoms with Crippen molar-refractivity contribution in [1.82, 2.24) is 0 Å². The van der Waals surface area contributed by atoms with Crippen LogP contribution in [0.1, 0.15) is 12.0 Å². The molecule has 0 spiro atoms. The molecule has 2 rings (SSSR count). The highest BCUT2D eigenvalue weighted by Gasteiger charge is 1.98. The number of amides is 1. The van der Waals surface area contributed by atoms with Gasteiger partial charge >= 0.3 is 0 Å². The SMILES string of the molecule is NC(=O)CCOc1ccc(NCc2ccccc2)cc1. The molecule has 0 unspecified atom stereocenters. The Morgan fingerprint density at radius 1 is 1.05 bits per heavy atom. The number of nitrogens with two attached hydrogens (primary N) is 1. The van der Waals surface area contributed by atoms with E-state index in [1.54, 1.807) is 0 Å². The monoisotopic (exact) mass is 270 g/mol. The van der Waals surface area contributed by atoms with Crippen molar-refractivity contribution in [3.8, 4) is 5.75 Å². The fourth-order valence-electron chi connectivity index (χ4n) is 1.74. The van der Waals surface area contributed by atoms with Gasteiger partial charge in [0.25, 0.3) is 0 Å². The van der Waals surface area contributed by atoms with Crippen molar-refractivity contribution in [1.29, 1.82) is 0 Å². The van der Waals surface area contributed by atoms with Gasteiger partial charge in [0.1, 0.15) is 5.75 Å². The quantitative estimate of drug-likeness (QED) is 0.812. The third-order valence-corrected chi connectivity index (χ3v) is 2.81. The number of benzene rings is 2. The Bertz CT molecular complexity index is 538. The Hall–Kier alpha value is -2.49. The van der Waals surface area contributed by atoms with E-state index < -0.39 is 0 Å². The standard InChI is InChI=1S/C16H18N2O2/c17-16(19)10-11-20-15-8-6-14(7-9-15)18-12-13-4-2-1-3-5-13/h1-9,18H,10-12H2,(H2,17,19). The summed E-state index contributed by atoms with van der Waals surface area (Å²) in [6, 6.07) is 17.8. The second-order valence-electron chi connectivity index (χ2n) is 4.43. The van der Waals surface area contributed by atoms with E-state index in [1.807, 2.05) is 42.5 Å². The lowest BCUT2D eigenvalue weighted by Crippen LogP contribution is -2.14. The fraction of sp³-hybridized carbons (Fsp3) is 0.188. The van der Waals surface area contributed by atoms with E-state index in [2.05, 4.69) is 17.4 Å². The third kappa shape index (κ3) is 4.65. The van der Waals surface area contributed by atoms with Crippen molar-refractivity contribution in [2.24, 2.45) is 5.73 Å².